The van der Waals surface area contributed by atoms with E-state index in [0.29, 0.717) is 17.8 Å². The molecule has 0 saturated heterocycles. The van der Waals surface area contributed by atoms with E-state index in [4.69, 9.17) is 4.74 Å². The first kappa shape index (κ1) is 18.8. The molecular formula is C21H20N2O3S. The summed E-state index contributed by atoms with van der Waals surface area (Å²) < 4.78 is 5.19. The molecule has 2 heterocycles. The van der Waals surface area contributed by atoms with Gasteiger partial charge < -0.3 is 9.64 Å². The fourth-order valence-corrected chi connectivity index (χ4v) is 3.29. The number of benzene rings is 1. The SMILES string of the molecule is Cc1nc(-c2cccs2)ccc1C(=O)OCC(=O)N(C)Cc1ccccc1. The van der Waals surface area contributed by atoms with E-state index in [0.717, 1.165) is 16.1 Å². The van der Waals surface area contributed by atoms with Crippen LogP contribution in [0.2, 0.25) is 0 Å². The number of carbonyl (C=O) groups excluding carboxylic acids is 2. The Hall–Kier alpha value is -2.99. The number of hydrogen-bond acceptors (Lipinski definition) is 5. The second-order valence-corrected chi connectivity index (χ2v) is 7.07. The lowest BCUT2D eigenvalue weighted by atomic mass is 10.1. The zero-order valence-electron chi connectivity index (χ0n) is 15.2. The Balaban J connectivity index is 1.58. The number of nitrogens with zero attached hydrogens (tertiary/aromatic N) is 2. The molecule has 0 saturated carbocycles. The number of amides is 1. The molecule has 1 aromatic carbocycles. The number of aryl methyl sites for hydroxylation is 1. The molecule has 0 spiro atoms. The summed E-state index contributed by atoms with van der Waals surface area (Å²) in [4.78, 5) is 31.6. The lowest BCUT2D eigenvalue weighted by Gasteiger charge is -2.17. The van der Waals surface area contributed by atoms with Gasteiger partial charge in [-0.15, -0.1) is 11.3 Å². The number of pyridine rings is 1. The van der Waals surface area contributed by atoms with Crippen molar-refractivity contribution in [2.24, 2.45) is 0 Å². The second-order valence-electron chi connectivity index (χ2n) is 6.12. The molecule has 0 aliphatic heterocycles. The van der Waals surface area contributed by atoms with Crippen molar-refractivity contribution in [3.63, 3.8) is 0 Å². The molecule has 0 unspecified atom stereocenters. The molecule has 6 heteroatoms. The molecule has 0 N–H and O–H groups in total. The summed E-state index contributed by atoms with van der Waals surface area (Å²) in [5, 5.41) is 1.98. The Morgan fingerprint density at radius 2 is 1.85 bits per heavy atom. The molecular weight excluding hydrogens is 360 g/mol. The predicted molar refractivity (Wildman–Crippen MR) is 105 cm³/mol. The van der Waals surface area contributed by atoms with Crippen LogP contribution in [0.1, 0.15) is 21.6 Å². The number of thiophene rings is 1. The molecule has 0 bridgehead atoms. The van der Waals surface area contributed by atoms with Gasteiger partial charge in [0.15, 0.2) is 6.61 Å². The summed E-state index contributed by atoms with van der Waals surface area (Å²) in [5.41, 5.74) is 2.78. The normalized spacial score (nSPS) is 10.4. The molecule has 3 rings (SSSR count). The highest BCUT2D eigenvalue weighted by Crippen LogP contribution is 2.24. The van der Waals surface area contributed by atoms with Crippen LogP contribution in [0.15, 0.2) is 60.0 Å². The molecule has 0 fully saturated rings. The van der Waals surface area contributed by atoms with E-state index < -0.39 is 5.97 Å². The van der Waals surface area contributed by atoms with E-state index in [1.54, 1.807) is 37.4 Å². The van der Waals surface area contributed by atoms with Gasteiger partial charge >= 0.3 is 5.97 Å². The van der Waals surface area contributed by atoms with Crippen molar-refractivity contribution in [2.45, 2.75) is 13.5 Å². The van der Waals surface area contributed by atoms with E-state index in [-0.39, 0.29) is 12.5 Å². The standard InChI is InChI=1S/C21H20N2O3S/c1-15-17(10-11-18(22-15)19-9-6-12-27-19)21(25)26-14-20(24)23(2)13-16-7-4-3-5-8-16/h3-12H,13-14H2,1-2H3. The Bertz CT molecular complexity index is 924. The summed E-state index contributed by atoms with van der Waals surface area (Å²) in [6.07, 6.45) is 0. The van der Waals surface area contributed by atoms with Crippen LogP contribution < -0.4 is 0 Å². The van der Waals surface area contributed by atoms with Crippen molar-refractivity contribution >= 4 is 23.2 Å². The Morgan fingerprint density at radius 1 is 1.07 bits per heavy atom. The number of hydrogen-bond donors (Lipinski definition) is 0. The Labute approximate surface area is 162 Å². The first-order valence-corrected chi connectivity index (χ1v) is 9.39. The average molecular weight is 380 g/mol. The van der Waals surface area contributed by atoms with Gasteiger partial charge in [0.1, 0.15) is 0 Å². The molecule has 0 radical (unpaired) electrons. The van der Waals surface area contributed by atoms with E-state index in [2.05, 4.69) is 4.98 Å². The second kappa shape index (κ2) is 8.60. The molecule has 3 aromatic rings. The third kappa shape index (κ3) is 4.80. The van der Waals surface area contributed by atoms with Crippen molar-refractivity contribution in [1.29, 1.82) is 0 Å². The minimum Gasteiger partial charge on any atom is -0.452 e. The predicted octanol–water partition coefficient (Wildman–Crippen LogP) is 3.93. The largest absolute Gasteiger partial charge is 0.452 e. The summed E-state index contributed by atoms with van der Waals surface area (Å²) in [6, 6.07) is 17.1. The third-order valence-corrected chi connectivity index (χ3v) is 4.99. The highest BCUT2D eigenvalue weighted by Gasteiger charge is 2.16. The van der Waals surface area contributed by atoms with Gasteiger partial charge in [-0.1, -0.05) is 36.4 Å². The number of aromatic nitrogens is 1. The Kier molecular flexibility index (Phi) is 5.98. The maximum atomic E-state index is 12.3. The van der Waals surface area contributed by atoms with Crippen LogP contribution in [0.25, 0.3) is 10.6 Å². The monoisotopic (exact) mass is 380 g/mol. The lowest BCUT2D eigenvalue weighted by Crippen LogP contribution is -2.30. The van der Waals surface area contributed by atoms with Crippen LogP contribution in [0.5, 0.6) is 0 Å². The van der Waals surface area contributed by atoms with Gasteiger partial charge in [-0.2, -0.15) is 0 Å². The van der Waals surface area contributed by atoms with Crippen LogP contribution in [0, 0.1) is 6.92 Å². The minimum atomic E-state index is -0.542. The van der Waals surface area contributed by atoms with E-state index >= 15 is 0 Å². The van der Waals surface area contributed by atoms with E-state index in [9.17, 15) is 9.59 Å². The summed E-state index contributed by atoms with van der Waals surface area (Å²) >= 11 is 1.59. The molecule has 0 aliphatic carbocycles. The van der Waals surface area contributed by atoms with Crippen LogP contribution in [-0.2, 0) is 16.1 Å². The highest BCUT2D eigenvalue weighted by molar-refractivity contribution is 7.13. The van der Waals surface area contributed by atoms with E-state index in [1.807, 2.05) is 47.8 Å². The van der Waals surface area contributed by atoms with Gasteiger partial charge in [0, 0.05) is 13.6 Å². The summed E-state index contributed by atoms with van der Waals surface area (Å²) in [5.74, 6) is -0.799. The minimum absolute atomic E-state index is 0.256. The summed E-state index contributed by atoms with van der Waals surface area (Å²) in [6.45, 7) is 1.93. The highest BCUT2D eigenvalue weighted by atomic mass is 32.1. The number of rotatable bonds is 6. The van der Waals surface area contributed by atoms with Gasteiger partial charge in [-0.05, 0) is 36.1 Å². The quantitative estimate of drug-likeness (QED) is 0.608. The van der Waals surface area contributed by atoms with Crippen LogP contribution in [0.3, 0.4) is 0 Å². The Morgan fingerprint density at radius 3 is 2.52 bits per heavy atom. The topological polar surface area (TPSA) is 59.5 Å². The van der Waals surface area contributed by atoms with Crippen molar-refractivity contribution in [2.75, 3.05) is 13.7 Å². The number of ether oxygens (including phenoxy) is 1. The van der Waals surface area contributed by atoms with Gasteiger partial charge in [0.2, 0.25) is 0 Å². The van der Waals surface area contributed by atoms with Crippen molar-refractivity contribution in [3.05, 3.63) is 76.8 Å². The third-order valence-electron chi connectivity index (χ3n) is 4.09. The molecule has 27 heavy (non-hydrogen) atoms. The first-order chi connectivity index (χ1) is 13.0. The molecule has 0 atom stereocenters. The average Bonchev–Trinajstić information content (AvgIpc) is 3.21. The van der Waals surface area contributed by atoms with Gasteiger partial charge in [-0.3, -0.25) is 9.78 Å². The van der Waals surface area contributed by atoms with Gasteiger partial charge in [0.05, 0.1) is 21.8 Å². The molecule has 5 nitrogen and oxygen atoms in total. The molecule has 0 aliphatic rings. The lowest BCUT2D eigenvalue weighted by molar-refractivity contribution is -0.133. The zero-order chi connectivity index (χ0) is 19.2. The maximum absolute atomic E-state index is 12.3. The first-order valence-electron chi connectivity index (χ1n) is 8.51. The molecule has 2 aromatic heterocycles. The number of carbonyl (C=O) groups is 2. The molecule has 138 valence electrons. The van der Waals surface area contributed by atoms with Crippen LogP contribution >= 0.6 is 11.3 Å². The van der Waals surface area contributed by atoms with Crippen molar-refractivity contribution in [1.82, 2.24) is 9.88 Å². The molecule has 1 amide bonds. The fraction of sp³-hybridized carbons (Fsp3) is 0.190. The summed E-state index contributed by atoms with van der Waals surface area (Å²) in [7, 11) is 1.69. The van der Waals surface area contributed by atoms with Crippen molar-refractivity contribution in [3.8, 4) is 10.6 Å². The van der Waals surface area contributed by atoms with Gasteiger partial charge in [-0.25, -0.2) is 4.79 Å². The zero-order valence-corrected chi connectivity index (χ0v) is 16.0. The number of likely N-dealkylation sites (N-methyl/N-ethyl adjacent to an activating group) is 1. The smallest absolute Gasteiger partial charge is 0.340 e. The maximum Gasteiger partial charge on any atom is 0.340 e. The van der Waals surface area contributed by atoms with Crippen molar-refractivity contribution < 1.29 is 14.3 Å². The fourth-order valence-electron chi connectivity index (χ4n) is 2.60. The van der Waals surface area contributed by atoms with Crippen LogP contribution in [0.4, 0.5) is 0 Å². The number of esters is 1. The van der Waals surface area contributed by atoms with Gasteiger partial charge in [0.25, 0.3) is 5.91 Å². The van der Waals surface area contributed by atoms with E-state index in [1.165, 1.54) is 4.90 Å². The van der Waals surface area contributed by atoms with Crippen LogP contribution in [-0.4, -0.2) is 35.4 Å².